The summed E-state index contributed by atoms with van der Waals surface area (Å²) in [5, 5.41) is -0.440. The highest BCUT2D eigenvalue weighted by molar-refractivity contribution is 6.63. The van der Waals surface area contributed by atoms with E-state index in [1.807, 2.05) is 26.8 Å². The summed E-state index contributed by atoms with van der Waals surface area (Å²) in [5.74, 6) is 0.417. The largest absolute Gasteiger partial charge is 0.320 e. The Kier molecular flexibility index (Phi) is 4.48. The summed E-state index contributed by atoms with van der Waals surface area (Å²) in [6, 6.07) is 0. The molecule has 0 aromatic rings. The second kappa shape index (κ2) is 4.66. The molecule has 0 aliphatic heterocycles. The summed E-state index contributed by atoms with van der Waals surface area (Å²) in [5.41, 5.74) is -0.260. The van der Waals surface area contributed by atoms with Crippen molar-refractivity contribution in [2.75, 3.05) is 0 Å². The van der Waals surface area contributed by atoms with Gasteiger partial charge >= 0.3 is 5.37 Å². The van der Waals surface area contributed by atoms with Gasteiger partial charge < -0.3 is 4.90 Å². The molecule has 0 atom stereocenters. The zero-order chi connectivity index (χ0) is 10.6. The van der Waals surface area contributed by atoms with Crippen LogP contribution in [-0.4, -0.2) is 15.8 Å². The molecule has 0 radical (unpaired) electrons. The second-order valence-electron chi connectivity index (χ2n) is 4.38. The minimum absolute atomic E-state index is 0.260. The maximum Gasteiger partial charge on any atom is 0.320 e. The van der Waals surface area contributed by atoms with Gasteiger partial charge in [-0.15, -0.1) is 0 Å². The number of halogens is 1. The van der Waals surface area contributed by atoms with E-state index in [1.165, 1.54) is 4.90 Å². The first-order valence-corrected chi connectivity index (χ1v) is 4.80. The van der Waals surface area contributed by atoms with E-state index < -0.39 is 5.37 Å². The third-order valence-electron chi connectivity index (χ3n) is 1.53. The predicted molar refractivity (Wildman–Crippen MR) is 56.8 cm³/mol. The smallest absolute Gasteiger partial charge is 0.301 e. The predicted octanol–water partition coefficient (Wildman–Crippen LogP) is 3.62. The highest BCUT2D eigenvalue weighted by atomic mass is 35.5. The Hall–Kier alpha value is -0.500. The van der Waals surface area contributed by atoms with Crippen molar-refractivity contribution < 1.29 is 4.79 Å². The van der Waals surface area contributed by atoms with Gasteiger partial charge in [-0.1, -0.05) is 19.9 Å². The van der Waals surface area contributed by atoms with E-state index in [9.17, 15) is 4.79 Å². The molecule has 76 valence electrons. The molecule has 2 nitrogen and oxygen atoms in total. The lowest BCUT2D eigenvalue weighted by molar-refractivity contribution is 0.201. The monoisotopic (exact) mass is 203 g/mol. The van der Waals surface area contributed by atoms with Gasteiger partial charge in [0, 0.05) is 11.7 Å². The summed E-state index contributed by atoms with van der Waals surface area (Å²) in [4.78, 5) is 12.6. The van der Waals surface area contributed by atoms with Crippen LogP contribution in [0.25, 0.3) is 0 Å². The number of carbonyl (C=O) groups excluding carboxylic acids is 1. The van der Waals surface area contributed by atoms with Crippen LogP contribution in [0.1, 0.15) is 34.6 Å². The minimum atomic E-state index is -0.440. The average molecular weight is 204 g/mol. The Bertz CT molecular complexity index is 203. The Morgan fingerprint density at radius 3 is 2.08 bits per heavy atom. The third kappa shape index (κ3) is 4.94. The first-order valence-electron chi connectivity index (χ1n) is 4.42. The lowest BCUT2D eigenvalue weighted by Crippen LogP contribution is -2.38. The number of allylic oxidation sites excluding steroid dienone is 1. The Morgan fingerprint density at radius 1 is 1.38 bits per heavy atom. The van der Waals surface area contributed by atoms with Crippen molar-refractivity contribution in [2.24, 2.45) is 5.92 Å². The topological polar surface area (TPSA) is 20.3 Å². The zero-order valence-corrected chi connectivity index (χ0v) is 9.72. The lowest BCUT2D eigenvalue weighted by Gasteiger charge is -2.30. The van der Waals surface area contributed by atoms with Gasteiger partial charge in [0.25, 0.3) is 0 Å². The van der Waals surface area contributed by atoms with Crippen LogP contribution >= 0.6 is 11.6 Å². The molecule has 0 unspecified atom stereocenters. The van der Waals surface area contributed by atoms with Crippen molar-refractivity contribution in [3.05, 3.63) is 12.3 Å². The maximum atomic E-state index is 11.0. The average Bonchev–Trinajstić information content (AvgIpc) is 1.81. The molecule has 1 amide bonds. The fourth-order valence-electron chi connectivity index (χ4n) is 0.804. The summed E-state index contributed by atoms with van der Waals surface area (Å²) in [7, 11) is 0. The molecule has 0 aromatic carbocycles. The van der Waals surface area contributed by atoms with Crippen LogP contribution in [0, 0.1) is 5.92 Å². The molecule has 0 saturated carbocycles. The highest BCUT2D eigenvalue weighted by Gasteiger charge is 2.22. The zero-order valence-electron chi connectivity index (χ0n) is 8.97. The Labute approximate surface area is 85.6 Å². The summed E-state index contributed by atoms with van der Waals surface area (Å²) in [6.45, 7) is 9.93. The summed E-state index contributed by atoms with van der Waals surface area (Å²) >= 11 is 5.45. The third-order valence-corrected chi connectivity index (χ3v) is 1.71. The van der Waals surface area contributed by atoms with Crippen molar-refractivity contribution in [3.63, 3.8) is 0 Å². The van der Waals surface area contributed by atoms with E-state index >= 15 is 0 Å². The van der Waals surface area contributed by atoms with E-state index in [1.54, 1.807) is 6.20 Å². The molecular formula is C10H18ClNO. The van der Waals surface area contributed by atoms with Gasteiger partial charge in [-0.2, -0.15) is 0 Å². The normalized spacial score (nSPS) is 12.5. The van der Waals surface area contributed by atoms with Crippen molar-refractivity contribution in [3.8, 4) is 0 Å². The van der Waals surface area contributed by atoms with Gasteiger partial charge in [0.2, 0.25) is 0 Å². The lowest BCUT2D eigenvalue weighted by atomic mass is 10.1. The van der Waals surface area contributed by atoms with Gasteiger partial charge in [0.1, 0.15) is 0 Å². The van der Waals surface area contributed by atoms with E-state index in [-0.39, 0.29) is 5.54 Å². The molecule has 0 heterocycles. The molecule has 0 aromatic heterocycles. The minimum Gasteiger partial charge on any atom is -0.301 e. The second-order valence-corrected chi connectivity index (χ2v) is 4.70. The van der Waals surface area contributed by atoms with Crippen molar-refractivity contribution in [1.82, 2.24) is 4.90 Å². The van der Waals surface area contributed by atoms with Gasteiger partial charge in [0.05, 0.1) is 0 Å². The van der Waals surface area contributed by atoms with Crippen LogP contribution in [0.5, 0.6) is 0 Å². The fraction of sp³-hybridized carbons (Fsp3) is 0.700. The van der Waals surface area contributed by atoms with Gasteiger partial charge in [-0.3, -0.25) is 4.79 Å². The summed E-state index contributed by atoms with van der Waals surface area (Å²) < 4.78 is 0. The van der Waals surface area contributed by atoms with Gasteiger partial charge in [-0.25, -0.2) is 0 Å². The van der Waals surface area contributed by atoms with Crippen molar-refractivity contribution >= 4 is 17.0 Å². The Morgan fingerprint density at radius 2 is 1.85 bits per heavy atom. The molecule has 0 fully saturated rings. The molecule has 0 N–H and O–H groups in total. The van der Waals surface area contributed by atoms with Crippen LogP contribution in [0.4, 0.5) is 4.79 Å². The molecular weight excluding hydrogens is 186 g/mol. The van der Waals surface area contributed by atoms with Crippen LogP contribution in [-0.2, 0) is 0 Å². The first kappa shape index (κ1) is 12.5. The Balaban J connectivity index is 4.55. The van der Waals surface area contributed by atoms with Crippen molar-refractivity contribution in [2.45, 2.75) is 40.2 Å². The van der Waals surface area contributed by atoms with E-state index in [0.717, 1.165) is 0 Å². The molecule has 3 heteroatoms. The molecule has 0 rings (SSSR count). The van der Waals surface area contributed by atoms with E-state index in [2.05, 4.69) is 13.8 Å². The fourth-order valence-corrected chi connectivity index (χ4v) is 1.11. The summed E-state index contributed by atoms with van der Waals surface area (Å²) in [6.07, 6.45) is 3.70. The van der Waals surface area contributed by atoms with E-state index in [4.69, 9.17) is 11.6 Å². The molecule has 0 saturated heterocycles. The molecule has 0 bridgehead atoms. The maximum absolute atomic E-state index is 11.0. The van der Waals surface area contributed by atoms with Gasteiger partial charge in [-0.05, 0) is 38.3 Å². The molecule has 0 aliphatic carbocycles. The molecule has 13 heavy (non-hydrogen) atoms. The molecule has 0 aliphatic rings. The number of nitrogens with zero attached hydrogens (tertiary/aromatic N) is 1. The highest BCUT2D eigenvalue weighted by Crippen LogP contribution is 2.16. The van der Waals surface area contributed by atoms with Crippen LogP contribution in [0.15, 0.2) is 12.3 Å². The number of rotatable bonds is 2. The van der Waals surface area contributed by atoms with Crippen LogP contribution < -0.4 is 0 Å². The standard InChI is InChI=1S/C10H18ClNO/c1-8(2)6-7-12(9(11)13)10(3,4)5/h6-8H,1-5H3/b7-6+. The van der Waals surface area contributed by atoms with E-state index in [0.29, 0.717) is 5.92 Å². The van der Waals surface area contributed by atoms with Gasteiger partial charge in [0.15, 0.2) is 0 Å². The SMILES string of the molecule is CC(C)/C=C/N(C(=O)Cl)C(C)(C)C. The number of carbonyl (C=O) groups is 1. The number of hydrogen-bond donors (Lipinski definition) is 0. The van der Waals surface area contributed by atoms with Crippen LogP contribution in [0.2, 0.25) is 0 Å². The molecule has 0 spiro atoms. The van der Waals surface area contributed by atoms with Crippen molar-refractivity contribution in [1.29, 1.82) is 0 Å². The quantitative estimate of drug-likeness (QED) is 0.496. The number of amides is 1. The van der Waals surface area contributed by atoms with Crippen LogP contribution in [0.3, 0.4) is 0 Å². The first-order chi connectivity index (χ1) is 5.75. The number of hydrogen-bond acceptors (Lipinski definition) is 1.